The van der Waals surface area contributed by atoms with Crippen molar-refractivity contribution in [2.45, 2.75) is 78.8 Å². The Morgan fingerprint density at radius 1 is 0.704 bits per heavy atom. The number of nitrogens with zero attached hydrogens (tertiary/aromatic N) is 8. The summed E-state index contributed by atoms with van der Waals surface area (Å²) in [5, 5.41) is 12.0. The Labute approximate surface area is 421 Å². The minimum Gasteiger partial charge on any atom is -0.490 e. The van der Waals surface area contributed by atoms with E-state index in [1.165, 1.54) is 20.9 Å². The number of nitrogens with two attached hydrogens (primary N) is 1. The Kier molecular flexibility index (Phi) is 14.6. The van der Waals surface area contributed by atoms with Crippen LogP contribution in [0.3, 0.4) is 0 Å². The number of hydrogen-bond donors (Lipinski definition) is 4. The van der Waals surface area contributed by atoms with Crippen molar-refractivity contribution < 1.29 is 23.9 Å². The maximum Gasteiger partial charge on any atom is 0.225 e. The fourth-order valence-corrected chi connectivity index (χ4v) is 12.1. The van der Waals surface area contributed by atoms with Crippen molar-refractivity contribution in [1.82, 2.24) is 35.1 Å². The third kappa shape index (κ3) is 11.0. The van der Waals surface area contributed by atoms with Gasteiger partial charge in [-0.25, -0.2) is 19.9 Å². The number of anilines is 4. The van der Waals surface area contributed by atoms with Gasteiger partial charge in [0.25, 0.3) is 0 Å². The van der Waals surface area contributed by atoms with E-state index in [1.807, 2.05) is 79.6 Å². The molecule has 0 bridgehead atoms. The van der Waals surface area contributed by atoms with E-state index in [2.05, 4.69) is 51.9 Å². The molecule has 2 aliphatic carbocycles. The highest BCUT2D eigenvalue weighted by Gasteiger charge is 2.32. The van der Waals surface area contributed by atoms with Gasteiger partial charge in [0.1, 0.15) is 58.7 Å². The van der Waals surface area contributed by atoms with Crippen LogP contribution >= 0.6 is 22.7 Å². The van der Waals surface area contributed by atoms with Gasteiger partial charge in [0.2, 0.25) is 17.7 Å². The molecule has 4 aromatic heterocycles. The number of benzene rings is 2. The number of rotatable bonds is 14. The Morgan fingerprint density at radius 2 is 1.18 bits per heavy atom. The fraction of sp³-hybridized carbons (Fsp3) is 0.442. The molecule has 6 heterocycles. The highest BCUT2D eigenvalue weighted by molar-refractivity contribution is 7.19. The summed E-state index contributed by atoms with van der Waals surface area (Å²) >= 11 is 3.32. The minimum atomic E-state index is -0.0610. The molecule has 0 spiro atoms. The highest BCUT2D eigenvalue weighted by atomic mass is 32.1. The van der Waals surface area contributed by atoms with Gasteiger partial charge in [-0.2, -0.15) is 0 Å². The van der Waals surface area contributed by atoms with Gasteiger partial charge in [-0.05, 0) is 102 Å². The first-order chi connectivity index (χ1) is 34.1. The molecule has 19 heteroatoms. The molecule has 0 fully saturated rings. The quantitative estimate of drug-likeness (QED) is 0.0787. The summed E-state index contributed by atoms with van der Waals surface area (Å²) in [5.41, 5.74) is 14.1. The lowest BCUT2D eigenvalue weighted by molar-refractivity contribution is -0.134. The van der Waals surface area contributed by atoms with E-state index in [4.69, 9.17) is 15.2 Å². The van der Waals surface area contributed by atoms with Gasteiger partial charge in [-0.15, -0.1) is 22.7 Å². The summed E-state index contributed by atoms with van der Waals surface area (Å²) in [6.07, 6.45) is 12.2. The number of thiophene rings is 2. The fourth-order valence-electron chi connectivity index (χ4n) is 9.59. The molecular weight excluding hydrogens is 937 g/mol. The van der Waals surface area contributed by atoms with E-state index < -0.39 is 0 Å². The van der Waals surface area contributed by atoms with Gasteiger partial charge >= 0.3 is 0 Å². The van der Waals surface area contributed by atoms with Crippen LogP contribution in [0.25, 0.3) is 20.4 Å². The molecule has 17 nitrogen and oxygen atoms in total. The van der Waals surface area contributed by atoms with E-state index in [1.54, 1.807) is 45.1 Å². The number of aryl methyl sites for hydroxylation is 2. The van der Waals surface area contributed by atoms with Crippen molar-refractivity contribution in [2.75, 3.05) is 65.1 Å². The van der Waals surface area contributed by atoms with Crippen molar-refractivity contribution in [3.63, 3.8) is 0 Å². The molecule has 0 saturated carbocycles. The number of aliphatic imine (C=N–C) groups is 2. The number of carbonyl (C=O) groups excluding carboxylic acids is 3. The smallest absolute Gasteiger partial charge is 0.225 e. The average molecular weight is 999 g/mol. The van der Waals surface area contributed by atoms with Gasteiger partial charge in [-0.3, -0.25) is 24.4 Å². The van der Waals surface area contributed by atoms with E-state index in [-0.39, 0.29) is 35.0 Å². The first-order valence-corrected chi connectivity index (χ1v) is 25.8. The molecule has 0 saturated heterocycles. The lowest BCUT2D eigenvalue weighted by Crippen LogP contribution is -2.32. The first-order valence-electron chi connectivity index (χ1n) is 24.2. The standard InChI is InChI=1S/C29H36N6O3S.C23H26N6O2S/c1-29(2,3)13-24(36)31-8-9-38-22-11-19-15-30-14-18(19)10-21(22)34-26-25-20-7-6-17(28(37)35(4)5)12-23(20)39-27(25)33-16-32-26;1-29(2)23(30)13-3-4-16-19(9-13)32-22-20(16)21(26-12-27-22)28-17-7-14-10-25-11-15(14)8-18(17)31-6-5-24/h10-11,14,16-17H,6-9,12-13,15H2,1-5H3,(H,31,36)(H,32,33,34);7-8,10,12-13H,3-6,9,11,24H2,1-2H3,(H,26,27,28)/t17-;13-/m00/s1. The zero-order valence-corrected chi connectivity index (χ0v) is 43.1. The van der Waals surface area contributed by atoms with Crippen LogP contribution in [-0.2, 0) is 53.2 Å². The number of hydrogen-bond acceptors (Lipinski definition) is 16. The van der Waals surface area contributed by atoms with Crippen LogP contribution in [0.1, 0.15) is 83.2 Å². The lowest BCUT2D eigenvalue weighted by Gasteiger charge is -2.24. The van der Waals surface area contributed by atoms with E-state index in [0.29, 0.717) is 51.6 Å². The van der Waals surface area contributed by atoms with E-state index in [9.17, 15) is 14.4 Å². The molecule has 2 aliphatic heterocycles. The zero-order chi connectivity index (χ0) is 50.0. The summed E-state index contributed by atoms with van der Waals surface area (Å²) in [7, 11) is 7.28. The van der Waals surface area contributed by atoms with Crippen LogP contribution in [0.2, 0.25) is 0 Å². The minimum absolute atomic E-state index is 0.00446. The molecule has 3 amide bonds. The van der Waals surface area contributed by atoms with Crippen LogP contribution in [0.5, 0.6) is 11.5 Å². The predicted molar refractivity (Wildman–Crippen MR) is 282 cm³/mol. The molecule has 4 aliphatic rings. The number of fused-ring (bicyclic) bond motifs is 8. The molecule has 0 unspecified atom stereocenters. The summed E-state index contributed by atoms with van der Waals surface area (Å²) < 4.78 is 12.1. The Balaban J connectivity index is 0.000000179. The highest BCUT2D eigenvalue weighted by Crippen LogP contribution is 2.44. The summed E-state index contributed by atoms with van der Waals surface area (Å²) in [6, 6.07) is 8.13. The summed E-state index contributed by atoms with van der Waals surface area (Å²) in [6.45, 7) is 9.06. The summed E-state index contributed by atoms with van der Waals surface area (Å²) in [5.74, 6) is 3.35. The molecule has 372 valence electrons. The van der Waals surface area contributed by atoms with Crippen molar-refractivity contribution in [3.05, 3.63) is 80.1 Å². The largest absolute Gasteiger partial charge is 0.490 e. The molecule has 0 radical (unpaired) electrons. The van der Waals surface area contributed by atoms with E-state index >= 15 is 0 Å². The van der Waals surface area contributed by atoms with Gasteiger partial charge in [0, 0.05) is 75.2 Å². The van der Waals surface area contributed by atoms with Crippen LogP contribution in [0.15, 0.2) is 46.9 Å². The third-order valence-electron chi connectivity index (χ3n) is 13.0. The maximum absolute atomic E-state index is 12.6. The van der Waals surface area contributed by atoms with Crippen LogP contribution < -0.4 is 31.2 Å². The second-order valence-electron chi connectivity index (χ2n) is 20.0. The second-order valence-corrected chi connectivity index (χ2v) is 22.2. The Morgan fingerprint density at radius 3 is 1.63 bits per heavy atom. The van der Waals surface area contributed by atoms with Crippen molar-refractivity contribution >= 4 is 96.3 Å². The molecule has 10 rings (SSSR count). The number of carbonyl (C=O) groups is 3. The first kappa shape index (κ1) is 49.4. The molecule has 6 aromatic rings. The van der Waals surface area contributed by atoms with Crippen molar-refractivity contribution in [2.24, 2.45) is 33.0 Å². The topological polar surface area (TPSA) is 215 Å². The van der Waals surface area contributed by atoms with Crippen LogP contribution in [-0.4, -0.2) is 114 Å². The number of amides is 3. The molecular formula is C52H62N12O5S2. The molecule has 71 heavy (non-hydrogen) atoms. The number of nitrogens with one attached hydrogen (secondary N) is 3. The summed E-state index contributed by atoms with van der Waals surface area (Å²) in [4.78, 5) is 72.1. The zero-order valence-electron chi connectivity index (χ0n) is 41.5. The van der Waals surface area contributed by atoms with Gasteiger partial charge in [0.05, 0.1) is 41.8 Å². The molecule has 2 atom stereocenters. The van der Waals surface area contributed by atoms with Crippen LogP contribution in [0, 0.1) is 17.3 Å². The average Bonchev–Trinajstić information content (AvgIpc) is 4.16. The van der Waals surface area contributed by atoms with Gasteiger partial charge in [-0.1, -0.05) is 20.8 Å². The van der Waals surface area contributed by atoms with Crippen molar-refractivity contribution in [1.29, 1.82) is 0 Å². The molecule has 2 aromatic carbocycles. The monoisotopic (exact) mass is 998 g/mol. The number of aromatic nitrogens is 4. The van der Waals surface area contributed by atoms with Crippen molar-refractivity contribution in [3.8, 4) is 11.5 Å². The second kappa shape index (κ2) is 21.0. The maximum atomic E-state index is 12.6. The normalized spacial score (nSPS) is 16.3. The van der Waals surface area contributed by atoms with Gasteiger partial charge in [0.15, 0.2) is 0 Å². The SMILES string of the molecule is CN(C)C(=O)[C@H]1CCc2c(sc3ncnc(Nc4cc5c(cc4OCCN)CN=C5)c23)C1.CN(C)C(=O)[C@H]1CCc2c(sc3ncnc(Nc4cc5c(cc4OCCNC(=O)CC(C)(C)C)CN=C5)c23)C1. The Bertz CT molecular complexity index is 3060. The lowest BCUT2D eigenvalue weighted by atomic mass is 9.87. The third-order valence-corrected chi connectivity index (χ3v) is 15.3. The van der Waals surface area contributed by atoms with Crippen LogP contribution in [0.4, 0.5) is 23.0 Å². The van der Waals surface area contributed by atoms with Gasteiger partial charge < -0.3 is 41.0 Å². The molecule has 5 N–H and O–H groups in total. The number of ether oxygens (including phenoxy) is 2. The Hall–Kier alpha value is -6.57. The predicted octanol–water partition coefficient (Wildman–Crippen LogP) is 7.39. The van der Waals surface area contributed by atoms with E-state index in [0.717, 1.165) is 110 Å².